The van der Waals surface area contributed by atoms with Gasteiger partial charge in [0.2, 0.25) is 0 Å². The van der Waals surface area contributed by atoms with Crippen molar-refractivity contribution in [3.63, 3.8) is 0 Å². The van der Waals surface area contributed by atoms with Crippen LogP contribution in [0.1, 0.15) is 53.9 Å². The molecule has 2 heteroatoms. The molecule has 0 bridgehead atoms. The summed E-state index contributed by atoms with van der Waals surface area (Å²) in [6.07, 6.45) is 3.15. The van der Waals surface area contributed by atoms with Gasteiger partial charge in [0.25, 0.3) is 0 Å². The van der Waals surface area contributed by atoms with Crippen molar-refractivity contribution in [2.75, 3.05) is 0 Å². The Morgan fingerprint density at radius 2 is 1.73 bits per heavy atom. The highest BCUT2D eigenvalue weighted by molar-refractivity contribution is 5.73. The second kappa shape index (κ2) is 4.54. The Bertz CT molecular complexity index is 227. The van der Waals surface area contributed by atoms with Crippen molar-refractivity contribution in [3.8, 4) is 0 Å². The molecule has 1 fully saturated rings. The summed E-state index contributed by atoms with van der Waals surface area (Å²) in [7, 11) is 0. The highest BCUT2D eigenvalue weighted by Crippen LogP contribution is 2.34. The molecule has 15 heavy (non-hydrogen) atoms. The Morgan fingerprint density at radius 3 is 2.20 bits per heavy atom. The molecule has 2 nitrogen and oxygen atoms in total. The highest BCUT2D eigenvalue weighted by atomic mass is 16.6. The van der Waals surface area contributed by atoms with E-state index in [0.29, 0.717) is 5.92 Å². The number of esters is 1. The van der Waals surface area contributed by atoms with Gasteiger partial charge in [-0.05, 0) is 51.9 Å². The van der Waals surface area contributed by atoms with Gasteiger partial charge in [-0.1, -0.05) is 13.8 Å². The maximum absolute atomic E-state index is 11.8. The predicted molar refractivity (Wildman–Crippen MR) is 61.5 cm³/mol. The zero-order chi connectivity index (χ0) is 11.6. The zero-order valence-corrected chi connectivity index (χ0v) is 10.7. The minimum absolute atomic E-state index is 0.00116. The van der Waals surface area contributed by atoms with Crippen LogP contribution in [0.5, 0.6) is 0 Å². The van der Waals surface area contributed by atoms with Crippen molar-refractivity contribution < 1.29 is 9.53 Å². The van der Waals surface area contributed by atoms with E-state index in [4.69, 9.17) is 4.74 Å². The Labute approximate surface area is 93.4 Å². The zero-order valence-electron chi connectivity index (χ0n) is 10.7. The molecule has 1 rings (SSSR count). The molecule has 3 unspecified atom stereocenters. The number of ether oxygens (including phenoxy) is 1. The molecule has 0 aromatic rings. The van der Waals surface area contributed by atoms with E-state index >= 15 is 0 Å². The second-order valence-electron chi connectivity index (χ2n) is 6.00. The van der Waals surface area contributed by atoms with Gasteiger partial charge < -0.3 is 4.74 Å². The summed E-state index contributed by atoms with van der Waals surface area (Å²) < 4.78 is 5.42. The lowest BCUT2D eigenvalue weighted by Crippen LogP contribution is -2.32. The lowest BCUT2D eigenvalue weighted by molar-refractivity contribution is -0.162. The Balaban J connectivity index is 2.48. The maximum Gasteiger partial charge on any atom is 0.309 e. The lowest BCUT2D eigenvalue weighted by Gasteiger charge is -2.32. The minimum atomic E-state index is -0.344. The van der Waals surface area contributed by atoms with E-state index in [2.05, 4.69) is 13.8 Å². The van der Waals surface area contributed by atoms with Crippen molar-refractivity contribution in [3.05, 3.63) is 0 Å². The molecule has 0 aliphatic heterocycles. The van der Waals surface area contributed by atoms with Gasteiger partial charge in [-0.2, -0.15) is 0 Å². The monoisotopic (exact) mass is 212 g/mol. The SMILES string of the molecule is CC1CCC(C(=O)OC(C)(C)C)CC1C. The molecule has 0 aromatic heterocycles. The van der Waals surface area contributed by atoms with Crippen LogP contribution >= 0.6 is 0 Å². The average molecular weight is 212 g/mol. The van der Waals surface area contributed by atoms with Crippen LogP contribution in [0.3, 0.4) is 0 Å². The first-order chi connectivity index (χ1) is 6.79. The second-order valence-corrected chi connectivity index (χ2v) is 6.00. The van der Waals surface area contributed by atoms with Crippen LogP contribution in [0.15, 0.2) is 0 Å². The molecular formula is C13H24O2. The van der Waals surface area contributed by atoms with E-state index in [0.717, 1.165) is 25.2 Å². The normalized spacial score (nSPS) is 32.5. The third-order valence-electron chi connectivity index (χ3n) is 3.34. The van der Waals surface area contributed by atoms with Gasteiger partial charge >= 0.3 is 5.97 Å². The van der Waals surface area contributed by atoms with Gasteiger partial charge in [0, 0.05) is 0 Å². The number of hydrogen-bond acceptors (Lipinski definition) is 2. The largest absolute Gasteiger partial charge is 0.460 e. The molecular weight excluding hydrogens is 188 g/mol. The van der Waals surface area contributed by atoms with Gasteiger partial charge in [-0.15, -0.1) is 0 Å². The molecule has 0 heterocycles. The van der Waals surface area contributed by atoms with Crippen LogP contribution in [0.4, 0.5) is 0 Å². The van der Waals surface area contributed by atoms with Crippen molar-refractivity contribution in [1.29, 1.82) is 0 Å². The first-order valence-electron chi connectivity index (χ1n) is 6.02. The highest BCUT2D eigenvalue weighted by Gasteiger charge is 2.31. The molecule has 0 spiro atoms. The number of rotatable bonds is 1. The van der Waals surface area contributed by atoms with Crippen LogP contribution < -0.4 is 0 Å². The first-order valence-corrected chi connectivity index (χ1v) is 6.02. The molecule has 3 atom stereocenters. The van der Waals surface area contributed by atoms with E-state index in [-0.39, 0.29) is 17.5 Å². The minimum Gasteiger partial charge on any atom is -0.460 e. The van der Waals surface area contributed by atoms with E-state index in [1.54, 1.807) is 0 Å². The molecule has 1 saturated carbocycles. The van der Waals surface area contributed by atoms with Crippen LogP contribution in [0, 0.1) is 17.8 Å². The molecule has 0 radical (unpaired) electrons. The van der Waals surface area contributed by atoms with E-state index in [1.165, 1.54) is 0 Å². The van der Waals surface area contributed by atoms with Gasteiger partial charge in [0.1, 0.15) is 5.60 Å². The fraction of sp³-hybridized carbons (Fsp3) is 0.923. The summed E-state index contributed by atoms with van der Waals surface area (Å²) in [6.45, 7) is 10.3. The Kier molecular flexibility index (Phi) is 3.80. The number of carbonyl (C=O) groups excluding carboxylic acids is 1. The molecule has 0 amide bonds. The molecule has 0 N–H and O–H groups in total. The van der Waals surface area contributed by atoms with E-state index in [1.807, 2.05) is 20.8 Å². The van der Waals surface area contributed by atoms with Crippen molar-refractivity contribution in [2.45, 2.75) is 59.5 Å². The standard InChI is InChI=1S/C13H24O2/c1-9-6-7-11(8-10(9)2)12(14)15-13(3,4)5/h9-11H,6-8H2,1-5H3. The van der Waals surface area contributed by atoms with Gasteiger partial charge in [-0.25, -0.2) is 0 Å². The van der Waals surface area contributed by atoms with Crippen LogP contribution in [0.2, 0.25) is 0 Å². The maximum atomic E-state index is 11.8. The Hall–Kier alpha value is -0.530. The summed E-state index contributed by atoms with van der Waals surface area (Å²) in [4.78, 5) is 11.8. The molecule has 1 aliphatic rings. The third-order valence-corrected chi connectivity index (χ3v) is 3.34. The summed E-state index contributed by atoms with van der Waals surface area (Å²) in [5, 5.41) is 0. The molecule has 88 valence electrons. The van der Waals surface area contributed by atoms with Crippen LogP contribution in [-0.4, -0.2) is 11.6 Å². The van der Waals surface area contributed by atoms with Gasteiger partial charge in [-0.3, -0.25) is 4.79 Å². The summed E-state index contributed by atoms with van der Waals surface area (Å²) in [5.41, 5.74) is -0.344. The van der Waals surface area contributed by atoms with E-state index < -0.39 is 0 Å². The number of hydrogen-bond donors (Lipinski definition) is 0. The molecule has 0 aromatic carbocycles. The Morgan fingerprint density at radius 1 is 1.13 bits per heavy atom. The average Bonchev–Trinajstić information content (AvgIpc) is 2.06. The molecule has 0 saturated heterocycles. The smallest absolute Gasteiger partial charge is 0.309 e. The summed E-state index contributed by atoms with van der Waals surface area (Å²) >= 11 is 0. The lowest BCUT2D eigenvalue weighted by atomic mass is 9.76. The van der Waals surface area contributed by atoms with Crippen molar-refractivity contribution in [1.82, 2.24) is 0 Å². The van der Waals surface area contributed by atoms with Crippen molar-refractivity contribution >= 4 is 5.97 Å². The molecule has 1 aliphatic carbocycles. The number of carbonyl (C=O) groups is 1. The van der Waals surface area contributed by atoms with Crippen molar-refractivity contribution in [2.24, 2.45) is 17.8 Å². The fourth-order valence-corrected chi connectivity index (χ4v) is 2.15. The quantitative estimate of drug-likeness (QED) is 0.623. The third kappa shape index (κ3) is 3.84. The summed E-state index contributed by atoms with van der Waals surface area (Å²) in [6, 6.07) is 0. The van der Waals surface area contributed by atoms with Crippen LogP contribution in [0.25, 0.3) is 0 Å². The van der Waals surface area contributed by atoms with Gasteiger partial charge in [0.15, 0.2) is 0 Å². The fourth-order valence-electron chi connectivity index (χ4n) is 2.15. The van der Waals surface area contributed by atoms with Gasteiger partial charge in [0.05, 0.1) is 5.92 Å². The topological polar surface area (TPSA) is 26.3 Å². The summed E-state index contributed by atoms with van der Waals surface area (Å²) in [5.74, 6) is 1.54. The predicted octanol–water partition coefficient (Wildman–Crippen LogP) is 3.40. The first kappa shape index (κ1) is 12.5. The van der Waals surface area contributed by atoms with E-state index in [9.17, 15) is 4.79 Å². The van der Waals surface area contributed by atoms with Crippen LogP contribution in [-0.2, 0) is 9.53 Å².